The lowest BCUT2D eigenvalue weighted by Crippen LogP contribution is -2.37. The van der Waals surface area contributed by atoms with Crippen LogP contribution in [0.4, 0.5) is 0 Å². The van der Waals surface area contributed by atoms with Gasteiger partial charge in [-0.25, -0.2) is 9.78 Å². The monoisotopic (exact) mass is 310 g/mol. The molecular formula is C15H22N2O5. The molecule has 0 N–H and O–H groups in total. The van der Waals surface area contributed by atoms with Gasteiger partial charge in [-0.05, 0) is 12.8 Å². The molecule has 0 unspecified atom stereocenters. The molecule has 1 amide bonds. The summed E-state index contributed by atoms with van der Waals surface area (Å²) in [6, 6.07) is 0. The van der Waals surface area contributed by atoms with Gasteiger partial charge in [0, 0.05) is 19.6 Å². The number of nitrogens with zero attached hydrogens (tertiary/aromatic N) is 2. The number of carbonyl (C=O) groups is 2. The van der Waals surface area contributed by atoms with Gasteiger partial charge in [-0.3, -0.25) is 4.79 Å². The van der Waals surface area contributed by atoms with Crippen molar-refractivity contribution in [3.8, 4) is 0 Å². The summed E-state index contributed by atoms with van der Waals surface area (Å²) in [5.41, 5.74) is 0.109. The first-order chi connectivity index (χ1) is 10.7. The Bertz CT molecular complexity index is 508. The standard InChI is InChI=1S/C15H22N2O5/c1-20-8-7-17(14(18)11-5-3-4-6-11)9-13-16-12(10-22-13)15(19)21-2/h10-11H,3-9H2,1-2H3. The minimum absolute atomic E-state index is 0.0758. The molecule has 7 nitrogen and oxygen atoms in total. The van der Waals surface area contributed by atoms with E-state index in [0.29, 0.717) is 19.0 Å². The zero-order valence-corrected chi connectivity index (χ0v) is 13.0. The molecule has 0 aliphatic heterocycles. The Morgan fingerprint density at radius 2 is 2.09 bits per heavy atom. The number of hydrogen-bond acceptors (Lipinski definition) is 6. The van der Waals surface area contributed by atoms with E-state index < -0.39 is 5.97 Å². The number of oxazole rings is 1. The fraction of sp³-hybridized carbons (Fsp3) is 0.667. The second kappa shape index (κ2) is 7.93. The lowest BCUT2D eigenvalue weighted by atomic mass is 10.1. The molecule has 1 aliphatic rings. The minimum Gasteiger partial charge on any atom is -0.464 e. The van der Waals surface area contributed by atoms with E-state index in [-0.39, 0.29) is 24.1 Å². The molecule has 1 aromatic heterocycles. The highest BCUT2D eigenvalue weighted by Crippen LogP contribution is 2.27. The summed E-state index contributed by atoms with van der Waals surface area (Å²) in [5, 5.41) is 0. The Kier molecular flexibility index (Phi) is 5.94. The highest BCUT2D eigenvalue weighted by atomic mass is 16.5. The molecule has 1 aromatic rings. The van der Waals surface area contributed by atoms with E-state index in [1.54, 1.807) is 12.0 Å². The zero-order chi connectivity index (χ0) is 15.9. The molecule has 1 aliphatic carbocycles. The Morgan fingerprint density at radius 3 is 2.73 bits per heavy atom. The summed E-state index contributed by atoms with van der Waals surface area (Å²) < 4.78 is 14.9. The van der Waals surface area contributed by atoms with Crippen molar-refractivity contribution in [2.24, 2.45) is 5.92 Å². The first-order valence-electron chi connectivity index (χ1n) is 7.46. The Balaban J connectivity index is 2.03. The highest BCUT2D eigenvalue weighted by molar-refractivity contribution is 5.86. The van der Waals surface area contributed by atoms with Crippen LogP contribution in [-0.2, 0) is 20.8 Å². The van der Waals surface area contributed by atoms with Crippen molar-refractivity contribution < 1.29 is 23.5 Å². The van der Waals surface area contributed by atoms with Gasteiger partial charge in [0.2, 0.25) is 11.8 Å². The number of hydrogen-bond donors (Lipinski definition) is 0. The number of carbonyl (C=O) groups excluding carboxylic acids is 2. The van der Waals surface area contributed by atoms with E-state index in [4.69, 9.17) is 9.15 Å². The van der Waals surface area contributed by atoms with Crippen molar-refractivity contribution in [1.29, 1.82) is 0 Å². The lowest BCUT2D eigenvalue weighted by molar-refractivity contribution is -0.137. The van der Waals surface area contributed by atoms with Crippen LogP contribution in [0.5, 0.6) is 0 Å². The average molecular weight is 310 g/mol. The molecule has 0 saturated heterocycles. The molecule has 2 rings (SSSR count). The van der Waals surface area contributed by atoms with E-state index in [1.807, 2.05) is 0 Å². The molecule has 0 atom stereocenters. The van der Waals surface area contributed by atoms with Gasteiger partial charge in [0.15, 0.2) is 5.69 Å². The molecule has 0 aromatic carbocycles. The quantitative estimate of drug-likeness (QED) is 0.712. The minimum atomic E-state index is -0.555. The molecule has 0 radical (unpaired) electrons. The molecule has 1 fully saturated rings. The number of amides is 1. The van der Waals surface area contributed by atoms with Gasteiger partial charge in [-0.1, -0.05) is 12.8 Å². The van der Waals surface area contributed by atoms with Crippen LogP contribution >= 0.6 is 0 Å². The summed E-state index contributed by atoms with van der Waals surface area (Å²) in [7, 11) is 2.88. The maximum absolute atomic E-state index is 12.6. The molecule has 22 heavy (non-hydrogen) atoms. The normalized spacial score (nSPS) is 15.0. The fourth-order valence-electron chi connectivity index (χ4n) is 2.64. The summed E-state index contributed by atoms with van der Waals surface area (Å²) in [5.74, 6) is -0.0531. The molecule has 1 saturated carbocycles. The molecule has 0 bridgehead atoms. The summed E-state index contributed by atoms with van der Waals surface area (Å²) >= 11 is 0. The van der Waals surface area contributed by atoms with Gasteiger partial charge < -0.3 is 18.8 Å². The van der Waals surface area contributed by atoms with E-state index >= 15 is 0 Å². The summed E-state index contributed by atoms with van der Waals surface area (Å²) in [4.78, 5) is 29.7. The number of ether oxygens (including phenoxy) is 2. The SMILES string of the molecule is COCCN(Cc1nc(C(=O)OC)co1)C(=O)C1CCCC1. The largest absolute Gasteiger partial charge is 0.464 e. The van der Waals surface area contributed by atoms with Crippen LogP contribution in [0.2, 0.25) is 0 Å². The predicted molar refractivity (Wildman–Crippen MR) is 77.1 cm³/mol. The summed E-state index contributed by atoms with van der Waals surface area (Å²) in [6.07, 6.45) is 5.30. The fourth-order valence-corrected chi connectivity index (χ4v) is 2.64. The van der Waals surface area contributed by atoms with Gasteiger partial charge in [0.05, 0.1) is 20.3 Å². The van der Waals surface area contributed by atoms with Crippen molar-refractivity contribution in [1.82, 2.24) is 9.88 Å². The third-order valence-corrected chi connectivity index (χ3v) is 3.85. The van der Waals surface area contributed by atoms with Crippen molar-refractivity contribution in [2.75, 3.05) is 27.4 Å². The first-order valence-corrected chi connectivity index (χ1v) is 7.46. The maximum Gasteiger partial charge on any atom is 0.360 e. The van der Waals surface area contributed by atoms with E-state index in [2.05, 4.69) is 9.72 Å². The van der Waals surface area contributed by atoms with Crippen molar-refractivity contribution in [2.45, 2.75) is 32.2 Å². The van der Waals surface area contributed by atoms with Crippen molar-refractivity contribution in [3.05, 3.63) is 17.8 Å². The number of esters is 1. The van der Waals surface area contributed by atoms with Crippen molar-refractivity contribution >= 4 is 11.9 Å². The number of methoxy groups -OCH3 is 2. The van der Waals surface area contributed by atoms with Crippen molar-refractivity contribution in [3.63, 3.8) is 0 Å². The molecule has 7 heteroatoms. The Morgan fingerprint density at radius 1 is 1.36 bits per heavy atom. The van der Waals surface area contributed by atoms with Gasteiger partial charge in [-0.2, -0.15) is 0 Å². The molecule has 1 heterocycles. The summed E-state index contributed by atoms with van der Waals surface area (Å²) in [6.45, 7) is 1.15. The third kappa shape index (κ3) is 4.07. The molecular weight excluding hydrogens is 288 g/mol. The highest BCUT2D eigenvalue weighted by Gasteiger charge is 2.28. The number of rotatable bonds is 7. The van der Waals surface area contributed by atoms with Gasteiger partial charge >= 0.3 is 5.97 Å². The molecule has 0 spiro atoms. The van der Waals surface area contributed by atoms with Crippen LogP contribution < -0.4 is 0 Å². The molecule has 122 valence electrons. The van der Waals surface area contributed by atoms with E-state index in [0.717, 1.165) is 25.7 Å². The van der Waals surface area contributed by atoms with Crippen LogP contribution in [-0.4, -0.2) is 49.1 Å². The van der Waals surface area contributed by atoms with E-state index in [1.165, 1.54) is 13.4 Å². The van der Waals surface area contributed by atoms with Gasteiger partial charge in [0.1, 0.15) is 6.26 Å². The average Bonchev–Trinajstić information content (AvgIpc) is 3.21. The van der Waals surface area contributed by atoms with Crippen LogP contribution in [0, 0.1) is 5.92 Å². The van der Waals surface area contributed by atoms with E-state index in [9.17, 15) is 9.59 Å². The second-order valence-electron chi connectivity index (χ2n) is 5.35. The number of aromatic nitrogens is 1. The predicted octanol–water partition coefficient (Wildman–Crippen LogP) is 1.63. The van der Waals surface area contributed by atoms with Gasteiger partial charge in [-0.15, -0.1) is 0 Å². The zero-order valence-electron chi connectivity index (χ0n) is 13.0. The third-order valence-electron chi connectivity index (χ3n) is 3.85. The maximum atomic E-state index is 12.6. The first kappa shape index (κ1) is 16.5. The lowest BCUT2D eigenvalue weighted by Gasteiger charge is -2.24. The van der Waals surface area contributed by atoms with Crippen LogP contribution in [0.3, 0.4) is 0 Å². The second-order valence-corrected chi connectivity index (χ2v) is 5.35. The van der Waals surface area contributed by atoms with Crippen LogP contribution in [0.25, 0.3) is 0 Å². The Hall–Kier alpha value is -1.89. The van der Waals surface area contributed by atoms with Crippen LogP contribution in [0.15, 0.2) is 10.7 Å². The van der Waals surface area contributed by atoms with Gasteiger partial charge in [0.25, 0.3) is 0 Å². The smallest absolute Gasteiger partial charge is 0.360 e. The van der Waals surface area contributed by atoms with Crippen LogP contribution in [0.1, 0.15) is 42.1 Å². The topological polar surface area (TPSA) is 81.9 Å². The Labute approximate surface area is 129 Å².